The number of nitrogens with zero attached hydrogens (tertiary/aromatic N) is 2. The van der Waals surface area contributed by atoms with E-state index in [-0.39, 0.29) is 5.56 Å². The van der Waals surface area contributed by atoms with E-state index >= 15 is 0 Å². The van der Waals surface area contributed by atoms with Crippen LogP contribution in [0.3, 0.4) is 0 Å². The summed E-state index contributed by atoms with van der Waals surface area (Å²) >= 11 is 7.70. The highest BCUT2D eigenvalue weighted by Crippen LogP contribution is 2.25. The molecule has 3 rings (SSSR count). The van der Waals surface area contributed by atoms with Crippen LogP contribution in [0.1, 0.15) is 36.5 Å². The molecule has 0 N–H and O–H groups in total. The van der Waals surface area contributed by atoms with E-state index < -0.39 is 0 Å². The summed E-state index contributed by atoms with van der Waals surface area (Å²) in [5.74, 6) is 0.797. The molecule has 1 heterocycles. The van der Waals surface area contributed by atoms with Gasteiger partial charge in [0.15, 0.2) is 5.16 Å². The number of fused-ring (bicyclic) bond motifs is 1. The van der Waals surface area contributed by atoms with Gasteiger partial charge in [0, 0.05) is 17.3 Å². The molecule has 0 aliphatic rings. The molecule has 0 aliphatic carbocycles. The van der Waals surface area contributed by atoms with Crippen molar-refractivity contribution >= 4 is 34.3 Å². The fourth-order valence-corrected chi connectivity index (χ4v) is 4.16. The predicted molar refractivity (Wildman–Crippen MR) is 111 cm³/mol. The number of halogens is 1. The first-order valence-electron chi connectivity index (χ1n) is 8.88. The topological polar surface area (TPSA) is 34.9 Å². The van der Waals surface area contributed by atoms with Crippen molar-refractivity contribution in [3.63, 3.8) is 0 Å². The number of hydrogen-bond donors (Lipinski definition) is 0. The van der Waals surface area contributed by atoms with E-state index in [9.17, 15) is 4.79 Å². The summed E-state index contributed by atoms with van der Waals surface area (Å²) < 4.78 is 1.80. The van der Waals surface area contributed by atoms with E-state index in [2.05, 4.69) is 39.0 Å². The summed E-state index contributed by atoms with van der Waals surface area (Å²) in [4.78, 5) is 17.8. The van der Waals surface area contributed by atoms with Gasteiger partial charge in [-0.15, -0.1) is 0 Å². The van der Waals surface area contributed by atoms with Crippen LogP contribution < -0.4 is 5.56 Å². The Morgan fingerprint density at radius 3 is 2.73 bits per heavy atom. The molecule has 3 aromatic rings. The van der Waals surface area contributed by atoms with Crippen molar-refractivity contribution in [1.82, 2.24) is 9.55 Å². The van der Waals surface area contributed by atoms with Crippen LogP contribution in [-0.4, -0.2) is 9.55 Å². The van der Waals surface area contributed by atoms with Gasteiger partial charge < -0.3 is 0 Å². The molecule has 5 heteroatoms. The van der Waals surface area contributed by atoms with Crippen LogP contribution in [0.15, 0.2) is 46.3 Å². The molecule has 0 amide bonds. The minimum Gasteiger partial charge on any atom is -0.287 e. The average Bonchev–Trinajstić information content (AvgIpc) is 2.62. The molecule has 0 atom stereocenters. The number of unbranched alkanes of at least 4 members (excludes halogenated alkanes) is 1. The van der Waals surface area contributed by atoms with E-state index in [1.165, 1.54) is 16.7 Å². The smallest absolute Gasteiger partial charge is 0.262 e. The summed E-state index contributed by atoms with van der Waals surface area (Å²) in [7, 11) is 0. The van der Waals surface area contributed by atoms with Gasteiger partial charge in [-0.25, -0.2) is 4.98 Å². The highest BCUT2D eigenvalue weighted by Gasteiger charge is 2.12. The summed E-state index contributed by atoms with van der Waals surface area (Å²) in [6, 6.07) is 11.8. The third-order valence-corrected chi connectivity index (χ3v) is 5.74. The summed E-state index contributed by atoms with van der Waals surface area (Å²) in [5.41, 5.74) is 4.49. The van der Waals surface area contributed by atoms with Gasteiger partial charge >= 0.3 is 0 Å². The number of rotatable bonds is 6. The highest BCUT2D eigenvalue weighted by molar-refractivity contribution is 7.98. The Hall–Kier alpha value is -1.78. The van der Waals surface area contributed by atoms with Crippen molar-refractivity contribution in [2.24, 2.45) is 0 Å². The van der Waals surface area contributed by atoms with Crippen molar-refractivity contribution < 1.29 is 0 Å². The number of benzene rings is 2. The molecule has 0 bridgehead atoms. The first-order chi connectivity index (χ1) is 12.5. The Morgan fingerprint density at radius 2 is 1.96 bits per heavy atom. The lowest BCUT2D eigenvalue weighted by atomic mass is 10.1. The third kappa shape index (κ3) is 4.13. The van der Waals surface area contributed by atoms with Crippen molar-refractivity contribution in [2.45, 2.75) is 51.1 Å². The van der Waals surface area contributed by atoms with Crippen LogP contribution in [0.5, 0.6) is 0 Å². The molecular formula is C21H23ClN2OS. The fourth-order valence-electron chi connectivity index (χ4n) is 2.89. The zero-order valence-corrected chi connectivity index (χ0v) is 17.0. The molecule has 0 aliphatic heterocycles. The van der Waals surface area contributed by atoms with Crippen molar-refractivity contribution in [3.8, 4) is 0 Å². The van der Waals surface area contributed by atoms with Crippen molar-refractivity contribution in [2.75, 3.05) is 0 Å². The Balaban J connectivity index is 2.01. The zero-order chi connectivity index (χ0) is 18.7. The van der Waals surface area contributed by atoms with Crippen LogP contribution in [-0.2, 0) is 12.3 Å². The molecule has 1 aromatic heterocycles. The zero-order valence-electron chi connectivity index (χ0n) is 15.4. The third-order valence-electron chi connectivity index (χ3n) is 4.48. The summed E-state index contributed by atoms with van der Waals surface area (Å²) in [6.07, 6.45) is 1.98. The molecule has 0 spiro atoms. The average molecular weight is 387 g/mol. The van der Waals surface area contributed by atoms with E-state index in [1.54, 1.807) is 28.5 Å². The lowest BCUT2D eigenvalue weighted by Gasteiger charge is -2.14. The second kappa shape index (κ2) is 8.28. The van der Waals surface area contributed by atoms with Crippen LogP contribution >= 0.6 is 23.4 Å². The molecule has 26 heavy (non-hydrogen) atoms. The van der Waals surface area contributed by atoms with Gasteiger partial charge in [-0.1, -0.05) is 60.5 Å². The maximum Gasteiger partial charge on any atom is 0.262 e. The molecule has 0 fully saturated rings. The predicted octanol–water partition coefficient (Wildman–Crippen LogP) is 5.76. The van der Waals surface area contributed by atoms with Gasteiger partial charge in [-0.05, 0) is 49.6 Å². The monoisotopic (exact) mass is 386 g/mol. The van der Waals surface area contributed by atoms with Crippen LogP contribution in [0.4, 0.5) is 0 Å². The van der Waals surface area contributed by atoms with Gasteiger partial charge in [0.25, 0.3) is 5.56 Å². The normalized spacial score (nSPS) is 11.2. The Bertz CT molecular complexity index is 997. The van der Waals surface area contributed by atoms with Gasteiger partial charge in [-0.3, -0.25) is 9.36 Å². The van der Waals surface area contributed by atoms with Crippen LogP contribution in [0.25, 0.3) is 10.9 Å². The molecule has 0 saturated carbocycles. The SMILES string of the molecule is CCCCn1c(SCc2cc(C)ccc2C)nc2ccc(Cl)cc2c1=O. The van der Waals surface area contributed by atoms with Crippen molar-refractivity contribution in [3.05, 3.63) is 68.5 Å². The summed E-state index contributed by atoms with van der Waals surface area (Å²) in [6.45, 7) is 7.03. The maximum atomic E-state index is 13.0. The molecule has 136 valence electrons. The Morgan fingerprint density at radius 1 is 1.15 bits per heavy atom. The number of aromatic nitrogens is 2. The van der Waals surface area contributed by atoms with Crippen LogP contribution in [0, 0.1) is 13.8 Å². The minimum atomic E-state index is -0.00517. The van der Waals surface area contributed by atoms with Crippen LogP contribution in [0.2, 0.25) is 5.02 Å². The number of thioether (sulfide) groups is 1. The number of aryl methyl sites for hydroxylation is 2. The van der Waals surface area contributed by atoms with Gasteiger partial charge in [0.1, 0.15) is 0 Å². The lowest BCUT2D eigenvalue weighted by molar-refractivity contribution is 0.557. The highest BCUT2D eigenvalue weighted by atomic mass is 35.5. The molecule has 3 nitrogen and oxygen atoms in total. The lowest BCUT2D eigenvalue weighted by Crippen LogP contribution is -2.23. The summed E-state index contributed by atoms with van der Waals surface area (Å²) in [5, 5.41) is 1.93. The number of hydrogen-bond acceptors (Lipinski definition) is 3. The standard InChI is InChI=1S/C21H23ClN2OS/c1-4-5-10-24-20(25)18-12-17(22)8-9-19(18)23-21(24)26-13-16-11-14(2)6-7-15(16)3/h6-9,11-12H,4-5,10,13H2,1-3H3. The van der Waals surface area contributed by atoms with E-state index in [1.807, 2.05) is 6.07 Å². The molecule has 0 unspecified atom stereocenters. The van der Waals surface area contributed by atoms with E-state index in [4.69, 9.17) is 16.6 Å². The van der Waals surface area contributed by atoms with Gasteiger partial charge in [0.05, 0.1) is 10.9 Å². The quantitative estimate of drug-likeness (QED) is 0.399. The van der Waals surface area contributed by atoms with E-state index in [0.717, 1.165) is 23.8 Å². The van der Waals surface area contributed by atoms with Crippen molar-refractivity contribution in [1.29, 1.82) is 0 Å². The first kappa shape index (κ1) is 19.0. The maximum absolute atomic E-state index is 13.0. The molecule has 2 aromatic carbocycles. The Labute approximate surface area is 163 Å². The van der Waals surface area contributed by atoms with Gasteiger partial charge in [0.2, 0.25) is 0 Å². The Kier molecular flexibility index (Phi) is 6.05. The second-order valence-electron chi connectivity index (χ2n) is 6.58. The first-order valence-corrected chi connectivity index (χ1v) is 10.2. The fraction of sp³-hybridized carbons (Fsp3) is 0.333. The largest absolute Gasteiger partial charge is 0.287 e. The molecular weight excluding hydrogens is 364 g/mol. The van der Waals surface area contributed by atoms with E-state index in [0.29, 0.717) is 22.5 Å². The minimum absolute atomic E-state index is 0.00517. The molecule has 0 saturated heterocycles. The molecule has 0 radical (unpaired) electrons. The van der Waals surface area contributed by atoms with Gasteiger partial charge in [-0.2, -0.15) is 0 Å². The second-order valence-corrected chi connectivity index (χ2v) is 7.96.